The molecule has 0 aromatic rings. The van der Waals surface area contributed by atoms with Gasteiger partial charge in [0.15, 0.2) is 0 Å². The van der Waals surface area contributed by atoms with Crippen LogP contribution in [0, 0.1) is 0 Å². The molecule has 6 heteroatoms. The second-order valence-corrected chi connectivity index (χ2v) is 4.80. The van der Waals surface area contributed by atoms with Gasteiger partial charge in [-0.1, -0.05) is 0 Å². The molecule has 1 aliphatic heterocycles. The first-order chi connectivity index (χ1) is 9.27. The van der Waals surface area contributed by atoms with Crippen LogP contribution in [0.5, 0.6) is 0 Å². The summed E-state index contributed by atoms with van der Waals surface area (Å²) in [5.41, 5.74) is 0. The van der Waals surface area contributed by atoms with E-state index in [0.717, 1.165) is 32.7 Å². The number of hydrogen-bond acceptors (Lipinski definition) is 5. The minimum atomic E-state index is 0.0506. The number of nitrogens with zero attached hydrogens (tertiary/aromatic N) is 1. The van der Waals surface area contributed by atoms with E-state index in [4.69, 9.17) is 9.47 Å². The third kappa shape index (κ3) is 6.87. The smallest absolute Gasteiger partial charge is 0.234 e. The van der Waals surface area contributed by atoms with Crippen LogP contribution in [0.15, 0.2) is 0 Å². The zero-order valence-corrected chi connectivity index (χ0v) is 12.1. The highest BCUT2D eigenvalue weighted by Gasteiger charge is 2.24. The molecule has 0 spiro atoms. The predicted molar refractivity (Wildman–Crippen MR) is 74.2 cm³/mol. The molecule has 0 bridgehead atoms. The number of likely N-dealkylation sites (tertiary alicyclic amines) is 1. The van der Waals surface area contributed by atoms with Crippen LogP contribution in [0.3, 0.4) is 0 Å². The molecule has 6 nitrogen and oxygen atoms in total. The van der Waals surface area contributed by atoms with Crippen LogP contribution in [-0.2, 0) is 14.3 Å². The van der Waals surface area contributed by atoms with E-state index in [2.05, 4.69) is 15.5 Å². The third-order valence-corrected chi connectivity index (χ3v) is 3.39. The van der Waals surface area contributed by atoms with E-state index in [-0.39, 0.29) is 5.91 Å². The molecule has 0 radical (unpaired) electrons. The van der Waals surface area contributed by atoms with Gasteiger partial charge in [0.1, 0.15) is 0 Å². The Hall–Kier alpha value is -0.690. The van der Waals surface area contributed by atoms with Crippen molar-refractivity contribution >= 4 is 5.91 Å². The number of carbonyl (C=O) groups is 1. The van der Waals surface area contributed by atoms with Gasteiger partial charge in [-0.25, -0.2) is 0 Å². The minimum absolute atomic E-state index is 0.0506. The number of ether oxygens (including phenoxy) is 2. The first kappa shape index (κ1) is 16.4. The average Bonchev–Trinajstić information content (AvgIpc) is 2.86. The van der Waals surface area contributed by atoms with Crippen molar-refractivity contribution in [2.24, 2.45) is 0 Å². The molecule has 1 amide bonds. The molecule has 1 fully saturated rings. The summed E-state index contributed by atoms with van der Waals surface area (Å²) in [7, 11) is 3.37. The maximum absolute atomic E-state index is 11.6. The molecule has 19 heavy (non-hydrogen) atoms. The topological polar surface area (TPSA) is 62.8 Å². The Morgan fingerprint density at radius 3 is 2.84 bits per heavy atom. The fourth-order valence-corrected chi connectivity index (χ4v) is 2.30. The first-order valence-corrected chi connectivity index (χ1v) is 6.97. The number of carbonyl (C=O) groups excluding carboxylic acids is 1. The predicted octanol–water partition coefficient (Wildman–Crippen LogP) is -0.551. The fraction of sp³-hybridized carbons (Fsp3) is 0.923. The second-order valence-electron chi connectivity index (χ2n) is 4.80. The molecule has 1 atom stereocenters. The lowest BCUT2D eigenvalue weighted by atomic mass is 10.2. The molecule has 2 N–H and O–H groups in total. The molecule has 0 aromatic carbocycles. The highest BCUT2D eigenvalue weighted by atomic mass is 16.5. The summed E-state index contributed by atoms with van der Waals surface area (Å²) in [4.78, 5) is 14.0. The molecule has 112 valence electrons. The number of amides is 1. The molecule has 1 unspecified atom stereocenters. The van der Waals surface area contributed by atoms with Crippen LogP contribution in [-0.4, -0.2) is 77.0 Å². The zero-order valence-electron chi connectivity index (χ0n) is 12.1. The zero-order chi connectivity index (χ0) is 13.9. The normalized spacial score (nSPS) is 19.8. The summed E-state index contributed by atoms with van der Waals surface area (Å²) >= 11 is 0. The first-order valence-electron chi connectivity index (χ1n) is 6.97. The van der Waals surface area contributed by atoms with Gasteiger partial charge in [0.2, 0.25) is 5.91 Å². The van der Waals surface area contributed by atoms with Crippen molar-refractivity contribution in [3.8, 4) is 0 Å². The lowest BCUT2D eigenvalue weighted by Crippen LogP contribution is -2.44. The van der Waals surface area contributed by atoms with Crippen molar-refractivity contribution < 1.29 is 14.3 Å². The number of nitrogens with one attached hydrogen (secondary N) is 2. The van der Waals surface area contributed by atoms with Crippen LogP contribution in [0.2, 0.25) is 0 Å². The van der Waals surface area contributed by atoms with Gasteiger partial charge in [-0.3, -0.25) is 9.69 Å². The van der Waals surface area contributed by atoms with Gasteiger partial charge in [-0.05, 0) is 19.4 Å². The standard InChI is InChI=1S/C13H27N3O3/c1-18-8-5-14-11-13(17)15-10-12-4-3-6-16(12)7-9-19-2/h12,14H,3-11H2,1-2H3,(H,15,17). The van der Waals surface area contributed by atoms with Crippen molar-refractivity contribution in [3.63, 3.8) is 0 Å². The van der Waals surface area contributed by atoms with Crippen LogP contribution < -0.4 is 10.6 Å². The summed E-state index contributed by atoms with van der Waals surface area (Å²) < 4.78 is 10.0. The number of methoxy groups -OCH3 is 2. The third-order valence-electron chi connectivity index (χ3n) is 3.39. The summed E-state index contributed by atoms with van der Waals surface area (Å²) in [5, 5.41) is 6.02. The van der Waals surface area contributed by atoms with Gasteiger partial charge >= 0.3 is 0 Å². The van der Waals surface area contributed by atoms with Crippen LogP contribution in [0.25, 0.3) is 0 Å². The number of hydrogen-bond donors (Lipinski definition) is 2. The molecule has 1 heterocycles. The van der Waals surface area contributed by atoms with Crippen molar-refractivity contribution in [3.05, 3.63) is 0 Å². The highest BCUT2D eigenvalue weighted by Crippen LogP contribution is 2.15. The minimum Gasteiger partial charge on any atom is -0.383 e. The molecule has 1 saturated heterocycles. The lowest BCUT2D eigenvalue weighted by Gasteiger charge is -2.24. The highest BCUT2D eigenvalue weighted by molar-refractivity contribution is 5.77. The molecule has 1 aliphatic rings. The molecular formula is C13H27N3O3. The van der Waals surface area contributed by atoms with Gasteiger partial charge in [0, 0.05) is 39.9 Å². The summed E-state index contributed by atoms with van der Waals surface area (Å²) in [6.45, 7) is 5.22. The van der Waals surface area contributed by atoms with Crippen LogP contribution >= 0.6 is 0 Å². The van der Waals surface area contributed by atoms with E-state index in [1.807, 2.05) is 0 Å². The molecule has 1 rings (SSSR count). The lowest BCUT2D eigenvalue weighted by molar-refractivity contribution is -0.120. The van der Waals surface area contributed by atoms with E-state index in [9.17, 15) is 4.79 Å². The van der Waals surface area contributed by atoms with Gasteiger partial charge in [0.05, 0.1) is 19.8 Å². The van der Waals surface area contributed by atoms with Gasteiger partial charge in [-0.2, -0.15) is 0 Å². The second kappa shape index (κ2) is 10.1. The van der Waals surface area contributed by atoms with Gasteiger partial charge in [0.25, 0.3) is 0 Å². The summed E-state index contributed by atoms with van der Waals surface area (Å²) in [5.74, 6) is 0.0506. The monoisotopic (exact) mass is 273 g/mol. The maximum Gasteiger partial charge on any atom is 0.234 e. The van der Waals surface area contributed by atoms with E-state index >= 15 is 0 Å². The quantitative estimate of drug-likeness (QED) is 0.523. The number of rotatable bonds is 10. The van der Waals surface area contributed by atoms with Crippen molar-refractivity contribution in [2.75, 3.05) is 60.2 Å². The molecule has 0 saturated carbocycles. The van der Waals surface area contributed by atoms with Crippen LogP contribution in [0.4, 0.5) is 0 Å². The summed E-state index contributed by atoms with van der Waals surface area (Å²) in [6.07, 6.45) is 2.36. The van der Waals surface area contributed by atoms with E-state index in [1.165, 1.54) is 6.42 Å². The van der Waals surface area contributed by atoms with Crippen molar-refractivity contribution in [2.45, 2.75) is 18.9 Å². The van der Waals surface area contributed by atoms with E-state index in [0.29, 0.717) is 25.7 Å². The average molecular weight is 273 g/mol. The van der Waals surface area contributed by atoms with Crippen molar-refractivity contribution in [1.82, 2.24) is 15.5 Å². The van der Waals surface area contributed by atoms with E-state index in [1.54, 1.807) is 14.2 Å². The SMILES string of the molecule is COCCNCC(=O)NCC1CCCN1CCOC. The summed E-state index contributed by atoms with van der Waals surface area (Å²) in [6, 6.07) is 0.457. The Morgan fingerprint density at radius 1 is 1.32 bits per heavy atom. The molecule has 0 aromatic heterocycles. The largest absolute Gasteiger partial charge is 0.383 e. The fourth-order valence-electron chi connectivity index (χ4n) is 2.30. The maximum atomic E-state index is 11.6. The van der Waals surface area contributed by atoms with Crippen molar-refractivity contribution in [1.29, 1.82) is 0 Å². The van der Waals surface area contributed by atoms with Gasteiger partial charge < -0.3 is 20.1 Å². The Kier molecular flexibility index (Phi) is 8.73. The molecular weight excluding hydrogens is 246 g/mol. The molecule has 0 aliphatic carbocycles. The Bertz CT molecular complexity index is 251. The van der Waals surface area contributed by atoms with Gasteiger partial charge in [-0.15, -0.1) is 0 Å². The Balaban J connectivity index is 2.11. The van der Waals surface area contributed by atoms with Crippen LogP contribution in [0.1, 0.15) is 12.8 Å². The van der Waals surface area contributed by atoms with E-state index < -0.39 is 0 Å². The Morgan fingerprint density at radius 2 is 2.11 bits per heavy atom. The Labute approximate surface area is 115 Å².